The SMILES string of the molecule is Cc1nccc(N2CCN(c3nc(-c4ccsc4)nc4ccccc34)CC2)n1. The molecule has 0 saturated carbocycles. The fourth-order valence-electron chi connectivity index (χ4n) is 3.59. The molecule has 3 aromatic heterocycles. The molecule has 1 aliphatic heterocycles. The van der Waals surface area contributed by atoms with Crippen molar-refractivity contribution in [2.45, 2.75) is 6.92 Å². The predicted molar refractivity (Wildman–Crippen MR) is 114 cm³/mol. The van der Waals surface area contributed by atoms with E-state index in [1.807, 2.05) is 25.3 Å². The molecule has 0 atom stereocenters. The Hall–Kier alpha value is -3.06. The van der Waals surface area contributed by atoms with Crippen LogP contribution in [0.25, 0.3) is 22.3 Å². The summed E-state index contributed by atoms with van der Waals surface area (Å²) < 4.78 is 0. The summed E-state index contributed by atoms with van der Waals surface area (Å²) in [5, 5.41) is 5.27. The van der Waals surface area contributed by atoms with Crippen molar-refractivity contribution < 1.29 is 0 Å². The molecule has 0 spiro atoms. The quantitative estimate of drug-likeness (QED) is 0.532. The number of nitrogens with zero attached hydrogens (tertiary/aromatic N) is 6. The number of piperazine rings is 1. The summed E-state index contributed by atoms with van der Waals surface area (Å²) in [5.74, 6) is 3.62. The molecule has 0 radical (unpaired) electrons. The minimum Gasteiger partial charge on any atom is -0.353 e. The van der Waals surface area contributed by atoms with E-state index in [0.29, 0.717) is 0 Å². The van der Waals surface area contributed by atoms with Gasteiger partial charge in [-0.1, -0.05) is 12.1 Å². The molecule has 7 heteroatoms. The van der Waals surface area contributed by atoms with Crippen molar-refractivity contribution >= 4 is 33.9 Å². The molecule has 1 aromatic carbocycles. The molecule has 6 nitrogen and oxygen atoms in total. The minimum atomic E-state index is 0.795. The van der Waals surface area contributed by atoms with E-state index in [1.165, 1.54) is 0 Å². The molecule has 0 aliphatic carbocycles. The smallest absolute Gasteiger partial charge is 0.162 e. The fraction of sp³-hybridized carbons (Fsp3) is 0.238. The van der Waals surface area contributed by atoms with E-state index < -0.39 is 0 Å². The molecule has 0 unspecified atom stereocenters. The van der Waals surface area contributed by atoms with Gasteiger partial charge in [-0.25, -0.2) is 19.9 Å². The van der Waals surface area contributed by atoms with Crippen LogP contribution in [0.5, 0.6) is 0 Å². The number of aromatic nitrogens is 4. The van der Waals surface area contributed by atoms with Gasteiger partial charge in [-0.05, 0) is 36.6 Å². The van der Waals surface area contributed by atoms with Gasteiger partial charge in [0.15, 0.2) is 5.82 Å². The Balaban J connectivity index is 1.46. The highest BCUT2D eigenvalue weighted by Crippen LogP contribution is 2.29. The molecule has 4 heterocycles. The summed E-state index contributed by atoms with van der Waals surface area (Å²) in [6.45, 7) is 5.53. The van der Waals surface area contributed by atoms with E-state index in [1.54, 1.807) is 11.3 Å². The second kappa shape index (κ2) is 7.16. The van der Waals surface area contributed by atoms with Crippen LogP contribution < -0.4 is 9.80 Å². The first kappa shape index (κ1) is 17.1. The maximum atomic E-state index is 4.96. The van der Waals surface area contributed by atoms with E-state index >= 15 is 0 Å². The van der Waals surface area contributed by atoms with Gasteiger partial charge in [-0.2, -0.15) is 11.3 Å². The number of hydrogen-bond donors (Lipinski definition) is 0. The molecule has 1 saturated heterocycles. The van der Waals surface area contributed by atoms with Crippen molar-refractivity contribution in [1.29, 1.82) is 0 Å². The topological polar surface area (TPSA) is 58.0 Å². The number of anilines is 2. The molecule has 1 aliphatic rings. The average molecular weight is 389 g/mol. The molecule has 0 bridgehead atoms. The normalized spacial score (nSPS) is 14.6. The van der Waals surface area contributed by atoms with Crippen molar-refractivity contribution in [1.82, 2.24) is 19.9 Å². The van der Waals surface area contributed by atoms with E-state index in [2.05, 4.69) is 54.8 Å². The van der Waals surface area contributed by atoms with Gasteiger partial charge in [0.05, 0.1) is 5.52 Å². The molecule has 1 fully saturated rings. The second-order valence-corrected chi connectivity index (χ2v) is 7.62. The molecule has 140 valence electrons. The van der Waals surface area contributed by atoms with Crippen LogP contribution in [0.15, 0.2) is 53.4 Å². The monoisotopic (exact) mass is 388 g/mol. The third-order valence-corrected chi connectivity index (χ3v) is 5.71. The highest BCUT2D eigenvalue weighted by atomic mass is 32.1. The predicted octanol–water partition coefficient (Wildman–Crippen LogP) is 3.78. The fourth-order valence-corrected chi connectivity index (χ4v) is 4.22. The molecule has 0 amide bonds. The van der Waals surface area contributed by atoms with Crippen LogP contribution in [-0.4, -0.2) is 46.1 Å². The van der Waals surface area contributed by atoms with Crippen molar-refractivity contribution in [2.24, 2.45) is 0 Å². The summed E-state index contributed by atoms with van der Waals surface area (Å²) in [6.07, 6.45) is 1.83. The average Bonchev–Trinajstić information content (AvgIpc) is 3.28. The largest absolute Gasteiger partial charge is 0.353 e. The summed E-state index contributed by atoms with van der Waals surface area (Å²) in [5.41, 5.74) is 2.06. The highest BCUT2D eigenvalue weighted by molar-refractivity contribution is 7.08. The first-order chi connectivity index (χ1) is 13.8. The lowest BCUT2D eigenvalue weighted by Crippen LogP contribution is -2.47. The number of fused-ring (bicyclic) bond motifs is 1. The molecular formula is C21H20N6S. The maximum absolute atomic E-state index is 4.96. The number of para-hydroxylation sites is 1. The Kier molecular flexibility index (Phi) is 4.37. The zero-order valence-corrected chi connectivity index (χ0v) is 16.4. The molecule has 28 heavy (non-hydrogen) atoms. The van der Waals surface area contributed by atoms with Gasteiger partial charge >= 0.3 is 0 Å². The summed E-state index contributed by atoms with van der Waals surface area (Å²) in [6, 6.07) is 12.3. The van der Waals surface area contributed by atoms with Crippen LogP contribution in [-0.2, 0) is 0 Å². The van der Waals surface area contributed by atoms with Crippen LogP contribution in [0, 0.1) is 6.92 Å². The van der Waals surface area contributed by atoms with Crippen LogP contribution in [0.3, 0.4) is 0 Å². The van der Waals surface area contributed by atoms with Gasteiger partial charge in [0.1, 0.15) is 17.5 Å². The Labute approximate surface area is 167 Å². The third-order valence-electron chi connectivity index (χ3n) is 5.03. The van der Waals surface area contributed by atoms with Crippen LogP contribution in [0.4, 0.5) is 11.6 Å². The zero-order valence-electron chi connectivity index (χ0n) is 15.6. The summed E-state index contributed by atoms with van der Waals surface area (Å²) >= 11 is 1.67. The van der Waals surface area contributed by atoms with Crippen LogP contribution in [0.1, 0.15) is 5.82 Å². The maximum Gasteiger partial charge on any atom is 0.162 e. The Bertz CT molecular complexity index is 1100. The van der Waals surface area contributed by atoms with E-state index in [9.17, 15) is 0 Å². The van der Waals surface area contributed by atoms with Crippen molar-refractivity contribution in [3.8, 4) is 11.4 Å². The third kappa shape index (κ3) is 3.18. The minimum absolute atomic E-state index is 0.795. The standard InChI is InChI=1S/C21H20N6S/c1-15-22-8-6-19(23-15)26-9-11-27(12-10-26)21-17-4-2-3-5-18(17)24-20(25-21)16-7-13-28-14-16/h2-8,13-14H,9-12H2,1H3. The number of thiophene rings is 1. The van der Waals surface area contributed by atoms with Gasteiger partial charge < -0.3 is 9.80 Å². The second-order valence-electron chi connectivity index (χ2n) is 6.84. The van der Waals surface area contributed by atoms with Gasteiger partial charge in [0, 0.05) is 48.7 Å². The van der Waals surface area contributed by atoms with Gasteiger partial charge in [0.2, 0.25) is 0 Å². The van der Waals surface area contributed by atoms with Gasteiger partial charge in [-0.15, -0.1) is 0 Å². The van der Waals surface area contributed by atoms with Crippen molar-refractivity contribution in [3.63, 3.8) is 0 Å². The lowest BCUT2D eigenvalue weighted by atomic mass is 10.2. The number of rotatable bonds is 3. The van der Waals surface area contributed by atoms with Crippen molar-refractivity contribution in [2.75, 3.05) is 36.0 Å². The van der Waals surface area contributed by atoms with E-state index in [0.717, 1.165) is 65.9 Å². The summed E-state index contributed by atoms with van der Waals surface area (Å²) in [4.78, 5) is 23.2. The Morgan fingerprint density at radius 1 is 0.893 bits per heavy atom. The van der Waals surface area contributed by atoms with Crippen LogP contribution in [0.2, 0.25) is 0 Å². The van der Waals surface area contributed by atoms with Crippen molar-refractivity contribution in [3.05, 3.63) is 59.2 Å². The first-order valence-corrected chi connectivity index (χ1v) is 10.3. The molecule has 0 N–H and O–H groups in total. The Morgan fingerprint density at radius 2 is 1.71 bits per heavy atom. The summed E-state index contributed by atoms with van der Waals surface area (Å²) in [7, 11) is 0. The highest BCUT2D eigenvalue weighted by Gasteiger charge is 2.22. The van der Waals surface area contributed by atoms with E-state index in [4.69, 9.17) is 9.97 Å². The van der Waals surface area contributed by atoms with Gasteiger partial charge in [0.25, 0.3) is 0 Å². The molecular weight excluding hydrogens is 368 g/mol. The number of hydrogen-bond acceptors (Lipinski definition) is 7. The molecule has 5 rings (SSSR count). The number of aryl methyl sites for hydroxylation is 1. The first-order valence-electron chi connectivity index (χ1n) is 9.37. The lowest BCUT2D eigenvalue weighted by Gasteiger charge is -2.36. The lowest BCUT2D eigenvalue weighted by molar-refractivity contribution is 0.641. The van der Waals surface area contributed by atoms with Crippen LogP contribution >= 0.6 is 11.3 Å². The van der Waals surface area contributed by atoms with E-state index in [-0.39, 0.29) is 0 Å². The Morgan fingerprint density at radius 3 is 2.50 bits per heavy atom. The molecule has 4 aromatic rings. The number of benzene rings is 1. The zero-order chi connectivity index (χ0) is 18.9. The van der Waals surface area contributed by atoms with Gasteiger partial charge in [-0.3, -0.25) is 0 Å².